The molecular formula is C8H11BrN4O. The molecule has 5 nitrogen and oxygen atoms in total. The monoisotopic (exact) mass is 258 g/mol. The normalized spacial score (nSPS) is 12.3. The van der Waals surface area contributed by atoms with Crippen LogP contribution in [0.2, 0.25) is 0 Å². The Kier molecular flexibility index (Phi) is 3.51. The Morgan fingerprint density at radius 1 is 1.36 bits per heavy atom. The Hall–Kier alpha value is -1.04. The molecule has 76 valence electrons. The Balaban J connectivity index is 2.78. The van der Waals surface area contributed by atoms with Crippen LogP contribution in [-0.4, -0.2) is 25.9 Å². The summed E-state index contributed by atoms with van der Waals surface area (Å²) in [6.07, 6.45) is 0. The summed E-state index contributed by atoms with van der Waals surface area (Å²) in [5.41, 5.74) is 1.52. The third-order valence-corrected chi connectivity index (χ3v) is 2.10. The summed E-state index contributed by atoms with van der Waals surface area (Å²) in [4.78, 5) is 15.0. The second kappa shape index (κ2) is 4.45. The molecule has 0 radical (unpaired) electrons. The van der Waals surface area contributed by atoms with Gasteiger partial charge in [0.15, 0.2) is 0 Å². The van der Waals surface area contributed by atoms with Gasteiger partial charge >= 0.3 is 0 Å². The van der Waals surface area contributed by atoms with Crippen LogP contribution < -0.4 is 5.32 Å². The maximum atomic E-state index is 11.2. The Morgan fingerprint density at radius 3 is 2.50 bits per heavy atom. The van der Waals surface area contributed by atoms with Gasteiger partial charge in [-0.15, -0.1) is 5.10 Å². The zero-order valence-corrected chi connectivity index (χ0v) is 9.79. The van der Waals surface area contributed by atoms with Crippen molar-refractivity contribution in [2.45, 2.75) is 25.6 Å². The SMILES string of the molecule is Cc1nnc(NC(=O)C(C)Br)nc1C. The van der Waals surface area contributed by atoms with Crippen LogP contribution in [0.4, 0.5) is 5.95 Å². The molecule has 1 N–H and O–H groups in total. The van der Waals surface area contributed by atoms with Crippen molar-refractivity contribution in [1.82, 2.24) is 15.2 Å². The summed E-state index contributed by atoms with van der Waals surface area (Å²) in [5, 5.41) is 10.1. The zero-order valence-electron chi connectivity index (χ0n) is 8.21. The lowest BCUT2D eigenvalue weighted by Gasteiger charge is -2.05. The molecule has 0 saturated carbocycles. The molecule has 1 heterocycles. The van der Waals surface area contributed by atoms with Crippen LogP contribution >= 0.6 is 15.9 Å². The van der Waals surface area contributed by atoms with E-state index < -0.39 is 0 Å². The van der Waals surface area contributed by atoms with Crippen molar-refractivity contribution in [3.63, 3.8) is 0 Å². The molecule has 1 aromatic rings. The van der Waals surface area contributed by atoms with E-state index in [9.17, 15) is 4.79 Å². The fourth-order valence-corrected chi connectivity index (χ4v) is 0.834. The molecule has 0 bridgehead atoms. The highest BCUT2D eigenvalue weighted by molar-refractivity contribution is 9.10. The van der Waals surface area contributed by atoms with Crippen LogP contribution in [0.15, 0.2) is 0 Å². The number of halogens is 1. The number of anilines is 1. The molecule has 0 aliphatic carbocycles. The average molecular weight is 259 g/mol. The van der Waals surface area contributed by atoms with Gasteiger partial charge in [-0.2, -0.15) is 5.10 Å². The topological polar surface area (TPSA) is 67.8 Å². The smallest absolute Gasteiger partial charge is 0.249 e. The molecule has 0 aromatic carbocycles. The quantitative estimate of drug-likeness (QED) is 0.810. The van der Waals surface area contributed by atoms with Crippen LogP contribution in [0.5, 0.6) is 0 Å². The number of hydrogen-bond donors (Lipinski definition) is 1. The molecule has 1 aromatic heterocycles. The average Bonchev–Trinajstić information content (AvgIpc) is 2.11. The van der Waals surface area contributed by atoms with E-state index in [0.29, 0.717) is 0 Å². The van der Waals surface area contributed by atoms with Crippen LogP contribution in [0.3, 0.4) is 0 Å². The molecule has 6 heteroatoms. The summed E-state index contributed by atoms with van der Waals surface area (Å²) in [7, 11) is 0. The van der Waals surface area contributed by atoms with Gasteiger partial charge in [-0.1, -0.05) is 15.9 Å². The fraction of sp³-hybridized carbons (Fsp3) is 0.500. The standard InChI is InChI=1S/C8H11BrN4O/c1-4(9)7(14)11-8-10-5(2)6(3)12-13-8/h4H,1-3H3,(H,10,11,13,14). The largest absolute Gasteiger partial charge is 0.292 e. The van der Waals surface area contributed by atoms with Crippen molar-refractivity contribution >= 4 is 27.8 Å². The highest BCUT2D eigenvalue weighted by atomic mass is 79.9. The third kappa shape index (κ3) is 2.73. The van der Waals surface area contributed by atoms with E-state index in [4.69, 9.17) is 0 Å². The van der Waals surface area contributed by atoms with Crippen molar-refractivity contribution in [1.29, 1.82) is 0 Å². The van der Waals surface area contributed by atoms with Crippen LogP contribution in [0.25, 0.3) is 0 Å². The minimum absolute atomic E-state index is 0.185. The maximum Gasteiger partial charge on any atom is 0.249 e. The Bertz CT molecular complexity index is 353. The van der Waals surface area contributed by atoms with Crippen molar-refractivity contribution in [3.8, 4) is 0 Å². The minimum atomic E-state index is -0.271. The first kappa shape index (κ1) is 11.0. The first-order chi connectivity index (χ1) is 6.50. The number of aryl methyl sites for hydroxylation is 2. The van der Waals surface area contributed by atoms with Crippen molar-refractivity contribution < 1.29 is 4.79 Å². The summed E-state index contributed by atoms with van der Waals surface area (Å²) >= 11 is 3.14. The Labute approximate surface area is 90.5 Å². The van der Waals surface area contributed by atoms with E-state index in [2.05, 4.69) is 36.4 Å². The first-order valence-corrected chi connectivity index (χ1v) is 5.05. The van der Waals surface area contributed by atoms with Gasteiger partial charge in [-0.25, -0.2) is 4.98 Å². The predicted molar refractivity (Wildman–Crippen MR) is 56.3 cm³/mol. The Morgan fingerprint density at radius 2 is 2.00 bits per heavy atom. The number of carbonyl (C=O) groups is 1. The van der Waals surface area contributed by atoms with E-state index in [1.807, 2.05) is 13.8 Å². The molecule has 0 aliphatic rings. The molecular weight excluding hydrogens is 248 g/mol. The lowest BCUT2D eigenvalue weighted by molar-refractivity contribution is -0.115. The molecule has 0 fully saturated rings. The van der Waals surface area contributed by atoms with E-state index >= 15 is 0 Å². The number of nitrogens with one attached hydrogen (secondary N) is 1. The second-order valence-electron chi connectivity index (χ2n) is 2.91. The molecule has 1 atom stereocenters. The van der Waals surface area contributed by atoms with E-state index in [0.717, 1.165) is 11.4 Å². The second-order valence-corrected chi connectivity index (χ2v) is 4.28. The summed E-state index contributed by atoms with van der Waals surface area (Å²) in [5.74, 6) is 0.0550. The number of alkyl halides is 1. The van der Waals surface area contributed by atoms with Gasteiger partial charge in [-0.3, -0.25) is 10.1 Å². The van der Waals surface area contributed by atoms with Gasteiger partial charge in [0, 0.05) is 0 Å². The van der Waals surface area contributed by atoms with Crippen LogP contribution in [0.1, 0.15) is 18.3 Å². The predicted octanol–water partition coefficient (Wildman–Crippen LogP) is 1.21. The number of carbonyl (C=O) groups excluding carboxylic acids is 1. The summed E-state index contributed by atoms with van der Waals surface area (Å²) in [6.45, 7) is 5.36. The number of amides is 1. The van der Waals surface area contributed by atoms with Gasteiger partial charge < -0.3 is 0 Å². The third-order valence-electron chi connectivity index (χ3n) is 1.69. The van der Waals surface area contributed by atoms with Gasteiger partial charge in [-0.05, 0) is 20.8 Å². The molecule has 0 aliphatic heterocycles. The summed E-state index contributed by atoms with van der Waals surface area (Å²) in [6, 6.07) is 0. The molecule has 1 unspecified atom stereocenters. The highest BCUT2D eigenvalue weighted by Crippen LogP contribution is 2.04. The summed E-state index contributed by atoms with van der Waals surface area (Å²) < 4.78 is 0. The zero-order chi connectivity index (χ0) is 10.7. The number of hydrogen-bond acceptors (Lipinski definition) is 4. The van der Waals surface area contributed by atoms with Crippen molar-refractivity contribution in [3.05, 3.63) is 11.4 Å². The molecule has 1 rings (SSSR count). The number of aromatic nitrogens is 3. The molecule has 14 heavy (non-hydrogen) atoms. The van der Waals surface area contributed by atoms with E-state index in [1.54, 1.807) is 6.92 Å². The van der Waals surface area contributed by atoms with Crippen molar-refractivity contribution in [2.75, 3.05) is 5.32 Å². The maximum absolute atomic E-state index is 11.2. The van der Waals surface area contributed by atoms with Crippen molar-refractivity contribution in [2.24, 2.45) is 0 Å². The molecule has 0 saturated heterocycles. The lowest BCUT2D eigenvalue weighted by Crippen LogP contribution is -2.22. The van der Waals surface area contributed by atoms with E-state index in [1.165, 1.54) is 0 Å². The van der Waals surface area contributed by atoms with Gasteiger partial charge in [0.1, 0.15) is 0 Å². The number of nitrogens with zero attached hydrogens (tertiary/aromatic N) is 3. The van der Waals surface area contributed by atoms with Crippen LogP contribution in [-0.2, 0) is 4.79 Å². The van der Waals surface area contributed by atoms with Gasteiger partial charge in [0.2, 0.25) is 11.9 Å². The van der Waals surface area contributed by atoms with Gasteiger partial charge in [0.05, 0.1) is 16.2 Å². The molecule has 1 amide bonds. The highest BCUT2D eigenvalue weighted by Gasteiger charge is 2.10. The van der Waals surface area contributed by atoms with Crippen LogP contribution in [0, 0.1) is 13.8 Å². The fourth-order valence-electron chi connectivity index (χ4n) is 0.719. The number of rotatable bonds is 2. The molecule has 0 spiro atoms. The minimum Gasteiger partial charge on any atom is -0.292 e. The van der Waals surface area contributed by atoms with E-state index in [-0.39, 0.29) is 16.7 Å². The first-order valence-electron chi connectivity index (χ1n) is 4.13. The van der Waals surface area contributed by atoms with Gasteiger partial charge in [0.25, 0.3) is 0 Å². The lowest BCUT2D eigenvalue weighted by atomic mass is 10.4.